The second-order valence-corrected chi connectivity index (χ2v) is 15.3. The average molecular weight is 824 g/mol. The Bertz CT molecular complexity index is 2030. The van der Waals surface area contributed by atoms with Crippen LogP contribution in [-0.2, 0) is 25.5 Å². The summed E-state index contributed by atoms with van der Waals surface area (Å²) in [5.41, 5.74) is 2.27. The summed E-state index contributed by atoms with van der Waals surface area (Å²) in [6.45, 7) is -0.513. The number of anilines is 1. The van der Waals surface area contributed by atoms with Gasteiger partial charge in [-0.15, -0.1) is 0 Å². The highest BCUT2D eigenvalue weighted by Crippen LogP contribution is 2.38. The number of nitrogens with zero attached hydrogens (tertiary/aromatic N) is 2. The molecule has 4 heterocycles. The highest BCUT2D eigenvalue weighted by molar-refractivity contribution is 6.35. The fraction of sp³-hybridized carbons (Fsp3) is 0.381. The lowest BCUT2D eigenvalue weighted by atomic mass is 9.86. The van der Waals surface area contributed by atoms with Crippen molar-refractivity contribution in [2.24, 2.45) is 11.8 Å². The van der Waals surface area contributed by atoms with Crippen molar-refractivity contribution in [2.45, 2.75) is 57.0 Å². The van der Waals surface area contributed by atoms with Crippen LogP contribution in [0.2, 0.25) is 10.0 Å². The molecule has 4 aliphatic rings. The number of hydrogen-bond donors (Lipinski definition) is 2. The highest BCUT2D eigenvalue weighted by atomic mass is 35.5. The van der Waals surface area contributed by atoms with E-state index in [1.54, 1.807) is 24.3 Å². The maximum atomic E-state index is 13.7. The lowest BCUT2D eigenvalue weighted by Crippen LogP contribution is -2.52. The Morgan fingerprint density at radius 1 is 0.877 bits per heavy atom. The molecule has 4 fully saturated rings. The quantitative estimate of drug-likeness (QED) is 0.102. The van der Waals surface area contributed by atoms with Gasteiger partial charge >= 0.3 is 18.6 Å². The van der Waals surface area contributed by atoms with Crippen LogP contribution in [0.1, 0.15) is 64.9 Å². The average Bonchev–Trinajstić information content (AvgIpc) is 4.05. The molecule has 3 aliphatic heterocycles. The van der Waals surface area contributed by atoms with E-state index in [0.29, 0.717) is 40.8 Å². The van der Waals surface area contributed by atoms with Crippen molar-refractivity contribution in [1.29, 1.82) is 0 Å². The van der Waals surface area contributed by atoms with Gasteiger partial charge in [0.15, 0.2) is 17.5 Å². The summed E-state index contributed by atoms with van der Waals surface area (Å²) in [5.74, 6) is -1.20. The smallest absolute Gasteiger partial charge is 0.387 e. The van der Waals surface area contributed by atoms with Gasteiger partial charge in [0.1, 0.15) is 18.8 Å². The van der Waals surface area contributed by atoms with Crippen LogP contribution in [0.5, 0.6) is 11.5 Å². The van der Waals surface area contributed by atoms with Crippen LogP contribution in [0, 0.1) is 11.8 Å². The molecule has 3 aromatic carbocycles. The minimum atomic E-state index is -3.08. The third-order valence-electron chi connectivity index (χ3n) is 10.4. The van der Waals surface area contributed by atoms with Crippen molar-refractivity contribution >= 4 is 46.7 Å². The van der Waals surface area contributed by atoms with Crippen LogP contribution in [-0.4, -0.2) is 73.2 Å². The van der Waals surface area contributed by atoms with Crippen molar-refractivity contribution in [3.63, 3.8) is 0 Å². The lowest BCUT2D eigenvalue weighted by Gasteiger charge is -2.44. The molecule has 3 saturated heterocycles. The molecule has 300 valence electrons. The fourth-order valence-electron chi connectivity index (χ4n) is 7.13. The summed E-state index contributed by atoms with van der Waals surface area (Å²) in [7, 11) is 0. The predicted octanol–water partition coefficient (Wildman–Crippen LogP) is 7.83. The van der Waals surface area contributed by atoms with Gasteiger partial charge in [-0.1, -0.05) is 65.7 Å². The molecule has 1 saturated carbocycles. The largest absolute Gasteiger partial charge is 0.489 e. The van der Waals surface area contributed by atoms with E-state index in [1.807, 2.05) is 30.3 Å². The second kappa shape index (κ2) is 18.5. The number of nitrogens with one attached hydrogen (secondary N) is 2. The van der Waals surface area contributed by atoms with Gasteiger partial charge in [-0.05, 0) is 97.6 Å². The zero-order valence-electron chi connectivity index (χ0n) is 30.9. The first-order valence-electron chi connectivity index (χ1n) is 18.9. The molecule has 1 unspecified atom stereocenters. The number of halogens is 4. The number of alkyl halides is 2. The molecule has 1 aromatic heterocycles. The molecule has 0 spiro atoms. The van der Waals surface area contributed by atoms with E-state index < -0.39 is 43.1 Å². The van der Waals surface area contributed by atoms with Crippen LogP contribution < -0.4 is 20.1 Å². The standard InChI is InChI=1S/C42H42Cl2F2N4O7/c43-32-20-47-21-33(44)31(32)19-35(28-11-12-34(57-42(45)46)36(18-28)54-24-25-9-10-25)55-38(51)22-48-40(52)29-7-4-8-30(17-29)49-39(27-5-2-1-3-6-27)41(53)56-37-23-50-15-13-26(37)14-16-50/h1-8,11-12,17-18,20-21,25-26,35,37,39,42,49H,9-10,13-16,19,22-24H2,(H,48,52)/t35-,37-,39?/m0/s1. The summed E-state index contributed by atoms with van der Waals surface area (Å²) >= 11 is 12.8. The number of hydrogen-bond acceptors (Lipinski definition) is 10. The van der Waals surface area contributed by atoms with Gasteiger partial charge in [0.2, 0.25) is 0 Å². The first-order chi connectivity index (χ1) is 27.6. The van der Waals surface area contributed by atoms with E-state index in [1.165, 1.54) is 30.6 Å². The van der Waals surface area contributed by atoms with E-state index in [4.69, 9.17) is 37.4 Å². The molecule has 1 amide bonds. The molecule has 2 bridgehead atoms. The number of rotatable bonds is 17. The van der Waals surface area contributed by atoms with Gasteiger partial charge in [0.05, 0.1) is 16.7 Å². The summed E-state index contributed by atoms with van der Waals surface area (Å²) in [4.78, 5) is 46.7. The molecule has 4 aromatic rings. The number of carbonyl (C=O) groups is 3. The summed E-state index contributed by atoms with van der Waals surface area (Å²) in [6.07, 6.45) is 5.54. The third kappa shape index (κ3) is 10.7. The van der Waals surface area contributed by atoms with Crippen LogP contribution >= 0.6 is 23.2 Å². The predicted molar refractivity (Wildman–Crippen MR) is 209 cm³/mol. The second-order valence-electron chi connectivity index (χ2n) is 14.5. The van der Waals surface area contributed by atoms with E-state index in [2.05, 4.69) is 25.3 Å². The fourth-order valence-corrected chi connectivity index (χ4v) is 7.65. The third-order valence-corrected chi connectivity index (χ3v) is 11.1. The summed E-state index contributed by atoms with van der Waals surface area (Å²) < 4.78 is 49.0. The molecule has 2 N–H and O–H groups in total. The minimum Gasteiger partial charge on any atom is -0.489 e. The van der Waals surface area contributed by atoms with Crippen molar-refractivity contribution < 1.29 is 42.1 Å². The Hall–Kier alpha value is -4.98. The van der Waals surface area contributed by atoms with E-state index >= 15 is 0 Å². The van der Waals surface area contributed by atoms with Gasteiger partial charge in [0.25, 0.3) is 5.91 Å². The molecular weight excluding hydrogens is 781 g/mol. The molecular formula is C42H42Cl2F2N4O7. The van der Waals surface area contributed by atoms with Crippen LogP contribution in [0.4, 0.5) is 14.5 Å². The van der Waals surface area contributed by atoms with Crippen LogP contribution in [0.25, 0.3) is 0 Å². The number of benzene rings is 3. The highest BCUT2D eigenvalue weighted by Gasteiger charge is 2.38. The molecule has 11 nitrogen and oxygen atoms in total. The molecule has 0 radical (unpaired) electrons. The molecule has 3 atom stereocenters. The van der Waals surface area contributed by atoms with Crippen molar-refractivity contribution in [3.05, 3.63) is 117 Å². The molecule has 8 rings (SSSR count). The SMILES string of the molecule is O=C(CNC(=O)c1cccc(NC(C(=O)O[C@H]2CN3CCC2CC3)c2ccccc2)c1)O[C@@H](Cc1c(Cl)cncc1Cl)c1ccc(OC(F)F)c(OCC2CC2)c1. The number of pyridine rings is 1. The van der Waals surface area contributed by atoms with Crippen LogP contribution in [0.3, 0.4) is 0 Å². The first-order valence-corrected chi connectivity index (χ1v) is 19.7. The minimum absolute atomic E-state index is 0.00459. The Morgan fingerprint density at radius 2 is 1.63 bits per heavy atom. The first kappa shape index (κ1) is 40.2. The van der Waals surface area contributed by atoms with Gasteiger partial charge in [0, 0.05) is 36.6 Å². The van der Waals surface area contributed by atoms with Crippen molar-refractivity contribution in [2.75, 3.05) is 38.1 Å². The maximum absolute atomic E-state index is 13.7. The van der Waals surface area contributed by atoms with Crippen molar-refractivity contribution in [3.8, 4) is 11.5 Å². The molecule has 15 heteroatoms. The summed E-state index contributed by atoms with van der Waals surface area (Å²) in [5, 5.41) is 6.32. The van der Waals surface area contributed by atoms with Gasteiger partial charge in [-0.3, -0.25) is 19.5 Å². The van der Waals surface area contributed by atoms with Gasteiger partial charge in [-0.25, -0.2) is 4.79 Å². The van der Waals surface area contributed by atoms with E-state index in [9.17, 15) is 23.2 Å². The number of amides is 1. The zero-order chi connectivity index (χ0) is 39.9. The van der Waals surface area contributed by atoms with Gasteiger partial charge in [-0.2, -0.15) is 8.78 Å². The molecule has 1 aliphatic carbocycles. The number of piperidine rings is 3. The van der Waals surface area contributed by atoms with Gasteiger partial charge < -0.3 is 29.6 Å². The summed E-state index contributed by atoms with van der Waals surface area (Å²) in [6, 6.07) is 19.3. The Labute approximate surface area is 338 Å². The number of fused-ring (bicyclic) bond motifs is 3. The zero-order valence-corrected chi connectivity index (χ0v) is 32.4. The lowest BCUT2D eigenvalue weighted by molar-refractivity contribution is -0.160. The van der Waals surface area contributed by atoms with Crippen LogP contribution in [0.15, 0.2) is 85.2 Å². The number of carbonyl (C=O) groups excluding carboxylic acids is 3. The number of esters is 2. The van der Waals surface area contributed by atoms with Crippen molar-refractivity contribution in [1.82, 2.24) is 15.2 Å². The number of aromatic nitrogens is 1. The number of ether oxygens (including phenoxy) is 4. The monoisotopic (exact) mass is 822 g/mol. The Kier molecular flexibility index (Phi) is 13.1. The normalized spacial score (nSPS) is 19.6. The topological polar surface area (TPSA) is 128 Å². The van der Waals surface area contributed by atoms with E-state index in [0.717, 1.165) is 45.3 Å². The molecule has 57 heavy (non-hydrogen) atoms. The maximum Gasteiger partial charge on any atom is 0.387 e. The Morgan fingerprint density at radius 3 is 2.32 bits per heavy atom. The Balaban J connectivity index is 1.03. The van der Waals surface area contributed by atoms with E-state index in [-0.39, 0.29) is 39.6 Å².